The van der Waals surface area contributed by atoms with Crippen molar-refractivity contribution in [2.75, 3.05) is 28.4 Å². The van der Waals surface area contributed by atoms with Crippen LogP contribution in [0.5, 0.6) is 17.2 Å². The molecule has 6 nitrogen and oxygen atoms in total. The zero-order valence-electron chi connectivity index (χ0n) is 17.3. The first kappa shape index (κ1) is 24.4. The van der Waals surface area contributed by atoms with Gasteiger partial charge in [0.05, 0.1) is 21.3 Å². The average Bonchev–Trinajstić information content (AvgIpc) is 3.08. The molecular formula is C20H30IN3O3S. The number of aryl methyl sites for hydroxylation is 1. The van der Waals surface area contributed by atoms with Crippen molar-refractivity contribution in [1.29, 1.82) is 0 Å². The molecule has 0 saturated heterocycles. The molecule has 0 bridgehead atoms. The van der Waals surface area contributed by atoms with Gasteiger partial charge in [0.25, 0.3) is 0 Å². The lowest BCUT2D eigenvalue weighted by Gasteiger charge is -2.18. The van der Waals surface area contributed by atoms with Crippen molar-refractivity contribution < 1.29 is 14.2 Å². The Morgan fingerprint density at radius 3 is 2.21 bits per heavy atom. The molecule has 1 aromatic carbocycles. The van der Waals surface area contributed by atoms with E-state index >= 15 is 0 Å². The van der Waals surface area contributed by atoms with Gasteiger partial charge < -0.3 is 24.8 Å². The summed E-state index contributed by atoms with van der Waals surface area (Å²) in [7, 11) is 6.60. The number of aliphatic imine (C=N–C) groups is 1. The minimum atomic E-state index is 0. The van der Waals surface area contributed by atoms with E-state index in [1.54, 1.807) is 28.4 Å². The SMILES string of the molecule is CN=C(NCc1cc(OC)c(OC)c(OC)c1)NC(C)Cc1ccc(C)s1.I. The number of guanidine groups is 1. The molecule has 0 radical (unpaired) electrons. The molecule has 0 amide bonds. The van der Waals surface area contributed by atoms with Crippen LogP contribution in [0.15, 0.2) is 29.3 Å². The quantitative estimate of drug-likeness (QED) is 0.314. The Morgan fingerprint density at radius 1 is 1.11 bits per heavy atom. The van der Waals surface area contributed by atoms with E-state index in [1.165, 1.54) is 9.75 Å². The van der Waals surface area contributed by atoms with Crippen molar-refractivity contribution in [1.82, 2.24) is 10.6 Å². The van der Waals surface area contributed by atoms with Crippen molar-refractivity contribution in [3.63, 3.8) is 0 Å². The summed E-state index contributed by atoms with van der Waals surface area (Å²) in [6, 6.07) is 8.47. The van der Waals surface area contributed by atoms with E-state index in [1.807, 2.05) is 23.5 Å². The standard InChI is InChI=1S/C20H29N3O3S.HI/c1-13(9-16-8-7-14(2)27-16)23-20(21-3)22-12-15-10-17(24-4)19(26-6)18(11-15)25-5;/h7-8,10-11,13H,9,12H2,1-6H3,(H2,21,22,23);1H. The molecule has 0 aliphatic carbocycles. The van der Waals surface area contributed by atoms with E-state index in [0.717, 1.165) is 17.9 Å². The Hall–Kier alpha value is -1.68. The first-order valence-corrected chi connectivity index (χ1v) is 9.63. The second-order valence-electron chi connectivity index (χ2n) is 6.22. The van der Waals surface area contributed by atoms with Gasteiger partial charge in [-0.3, -0.25) is 4.99 Å². The third kappa shape index (κ3) is 6.73. The van der Waals surface area contributed by atoms with Crippen LogP contribution in [-0.2, 0) is 13.0 Å². The number of hydrogen-bond donors (Lipinski definition) is 2. The molecule has 1 atom stereocenters. The summed E-state index contributed by atoms with van der Waals surface area (Å²) in [5.41, 5.74) is 1.01. The maximum atomic E-state index is 5.41. The minimum absolute atomic E-state index is 0. The number of nitrogens with zero attached hydrogens (tertiary/aromatic N) is 1. The lowest BCUT2D eigenvalue weighted by molar-refractivity contribution is 0.323. The molecule has 2 N–H and O–H groups in total. The van der Waals surface area contributed by atoms with E-state index in [0.29, 0.717) is 23.8 Å². The predicted molar refractivity (Wildman–Crippen MR) is 127 cm³/mol. The van der Waals surface area contributed by atoms with Gasteiger partial charge in [-0.25, -0.2) is 0 Å². The molecule has 2 aromatic rings. The highest BCUT2D eigenvalue weighted by Crippen LogP contribution is 2.38. The number of halogens is 1. The smallest absolute Gasteiger partial charge is 0.203 e. The summed E-state index contributed by atoms with van der Waals surface area (Å²) in [5, 5.41) is 6.77. The molecule has 0 spiro atoms. The van der Waals surface area contributed by atoms with Gasteiger partial charge in [-0.2, -0.15) is 0 Å². The molecule has 1 heterocycles. The molecule has 2 rings (SSSR count). The van der Waals surface area contributed by atoms with E-state index in [4.69, 9.17) is 14.2 Å². The first-order chi connectivity index (χ1) is 13.0. The monoisotopic (exact) mass is 519 g/mol. The summed E-state index contributed by atoms with van der Waals surface area (Å²) in [6.45, 7) is 4.87. The van der Waals surface area contributed by atoms with Crippen molar-refractivity contribution in [3.05, 3.63) is 39.6 Å². The fourth-order valence-corrected chi connectivity index (χ4v) is 3.82. The Kier molecular flexibility index (Phi) is 10.4. The van der Waals surface area contributed by atoms with Crippen LogP contribution < -0.4 is 24.8 Å². The van der Waals surface area contributed by atoms with Gasteiger partial charge in [-0.15, -0.1) is 35.3 Å². The fourth-order valence-electron chi connectivity index (χ4n) is 2.80. The number of hydrogen-bond acceptors (Lipinski definition) is 5. The van der Waals surface area contributed by atoms with Gasteiger partial charge in [0.2, 0.25) is 5.75 Å². The number of thiophene rings is 1. The first-order valence-electron chi connectivity index (χ1n) is 8.82. The number of benzene rings is 1. The number of nitrogens with one attached hydrogen (secondary N) is 2. The third-order valence-corrected chi connectivity index (χ3v) is 5.12. The Balaban J connectivity index is 0.00000392. The summed E-state index contributed by atoms with van der Waals surface area (Å²) < 4.78 is 16.2. The zero-order valence-corrected chi connectivity index (χ0v) is 20.4. The minimum Gasteiger partial charge on any atom is -0.493 e. The number of ether oxygens (including phenoxy) is 3. The van der Waals surface area contributed by atoms with Gasteiger partial charge in [0.15, 0.2) is 17.5 Å². The average molecular weight is 519 g/mol. The van der Waals surface area contributed by atoms with Gasteiger partial charge in [0, 0.05) is 35.8 Å². The summed E-state index contributed by atoms with van der Waals surface area (Å²) in [5.74, 6) is 2.62. The molecule has 0 saturated carbocycles. The molecule has 1 aromatic heterocycles. The van der Waals surface area contributed by atoms with Crippen LogP contribution in [0, 0.1) is 6.92 Å². The van der Waals surface area contributed by atoms with Crippen LogP contribution in [0.2, 0.25) is 0 Å². The van der Waals surface area contributed by atoms with Crippen molar-refractivity contribution in [2.24, 2.45) is 4.99 Å². The van der Waals surface area contributed by atoms with E-state index in [-0.39, 0.29) is 30.0 Å². The van der Waals surface area contributed by atoms with Gasteiger partial charge in [-0.05, 0) is 43.7 Å². The van der Waals surface area contributed by atoms with Crippen molar-refractivity contribution >= 4 is 41.3 Å². The second-order valence-corrected chi connectivity index (χ2v) is 7.59. The lowest BCUT2D eigenvalue weighted by atomic mass is 10.1. The van der Waals surface area contributed by atoms with E-state index in [9.17, 15) is 0 Å². The fraction of sp³-hybridized carbons (Fsp3) is 0.450. The maximum Gasteiger partial charge on any atom is 0.203 e. The Labute approximate surface area is 188 Å². The van der Waals surface area contributed by atoms with Crippen molar-refractivity contribution in [3.8, 4) is 17.2 Å². The van der Waals surface area contributed by atoms with Crippen LogP contribution in [0.3, 0.4) is 0 Å². The van der Waals surface area contributed by atoms with E-state index in [2.05, 4.69) is 41.6 Å². The molecule has 1 unspecified atom stereocenters. The second kappa shape index (κ2) is 12.0. The number of methoxy groups -OCH3 is 3. The molecule has 0 aliphatic rings. The third-order valence-electron chi connectivity index (χ3n) is 4.09. The Morgan fingerprint density at radius 2 is 1.75 bits per heavy atom. The predicted octanol–water partition coefficient (Wildman–Crippen LogP) is 4.00. The highest BCUT2D eigenvalue weighted by molar-refractivity contribution is 14.0. The zero-order chi connectivity index (χ0) is 19.8. The van der Waals surface area contributed by atoms with Crippen LogP contribution in [0.25, 0.3) is 0 Å². The molecule has 156 valence electrons. The highest BCUT2D eigenvalue weighted by atomic mass is 127. The van der Waals surface area contributed by atoms with Gasteiger partial charge >= 0.3 is 0 Å². The van der Waals surface area contributed by atoms with Gasteiger partial charge in [-0.1, -0.05) is 0 Å². The normalized spacial score (nSPS) is 12.0. The lowest BCUT2D eigenvalue weighted by Crippen LogP contribution is -2.42. The van der Waals surface area contributed by atoms with Crippen molar-refractivity contribution in [2.45, 2.75) is 32.9 Å². The summed E-state index contributed by atoms with van der Waals surface area (Å²) in [4.78, 5) is 7.02. The molecule has 8 heteroatoms. The molecule has 0 fully saturated rings. The van der Waals surface area contributed by atoms with Crippen LogP contribution in [0.4, 0.5) is 0 Å². The summed E-state index contributed by atoms with van der Waals surface area (Å²) in [6.07, 6.45) is 0.962. The van der Waals surface area contributed by atoms with E-state index < -0.39 is 0 Å². The Bertz CT molecular complexity index is 755. The molecule has 0 aliphatic heterocycles. The van der Waals surface area contributed by atoms with Crippen LogP contribution in [-0.4, -0.2) is 40.4 Å². The summed E-state index contributed by atoms with van der Waals surface area (Å²) >= 11 is 1.83. The highest BCUT2D eigenvalue weighted by Gasteiger charge is 2.14. The topological polar surface area (TPSA) is 64.1 Å². The van der Waals surface area contributed by atoms with Crippen LogP contribution >= 0.6 is 35.3 Å². The van der Waals surface area contributed by atoms with Crippen LogP contribution in [0.1, 0.15) is 22.2 Å². The molecular weight excluding hydrogens is 489 g/mol. The largest absolute Gasteiger partial charge is 0.493 e. The maximum absolute atomic E-state index is 5.41. The number of rotatable bonds is 8. The van der Waals surface area contributed by atoms with Gasteiger partial charge in [0.1, 0.15) is 0 Å². The molecule has 28 heavy (non-hydrogen) atoms.